The molecule has 1 unspecified atom stereocenters. The predicted molar refractivity (Wildman–Crippen MR) is 45.4 cm³/mol. The number of carbonyl (C=O) groups is 1. The van der Waals surface area contributed by atoms with Crippen LogP contribution in [0, 0.1) is 5.82 Å². The van der Waals surface area contributed by atoms with Crippen LogP contribution in [0.3, 0.4) is 0 Å². The van der Waals surface area contributed by atoms with Crippen molar-refractivity contribution in [1.82, 2.24) is 0 Å². The number of carboxylic acids is 1. The summed E-state index contributed by atoms with van der Waals surface area (Å²) >= 11 is 0. The van der Waals surface area contributed by atoms with Crippen LogP contribution < -0.4 is 11.5 Å². The zero-order valence-electron chi connectivity index (χ0n) is 6.70. The first-order valence-electron chi connectivity index (χ1n) is 3.56. The van der Waals surface area contributed by atoms with Crippen molar-refractivity contribution in [2.75, 3.05) is 5.73 Å². The highest BCUT2D eigenvalue weighted by atomic mass is 19.1. The third kappa shape index (κ3) is 1.75. The number of anilines is 1. The van der Waals surface area contributed by atoms with Crippen LogP contribution in [0.25, 0.3) is 0 Å². The van der Waals surface area contributed by atoms with Gasteiger partial charge in [-0.15, -0.1) is 0 Å². The van der Waals surface area contributed by atoms with E-state index in [9.17, 15) is 9.18 Å². The van der Waals surface area contributed by atoms with Crippen molar-refractivity contribution >= 4 is 11.7 Å². The summed E-state index contributed by atoms with van der Waals surface area (Å²) in [6.45, 7) is 0. The van der Waals surface area contributed by atoms with Gasteiger partial charge in [0.15, 0.2) is 0 Å². The normalized spacial score (nSPS) is 12.5. The molecule has 1 aromatic carbocycles. The first kappa shape index (κ1) is 9.47. The molecular weight excluding hydrogens is 175 g/mol. The first-order chi connectivity index (χ1) is 6.04. The second kappa shape index (κ2) is 3.40. The summed E-state index contributed by atoms with van der Waals surface area (Å²) in [6, 6.07) is 2.50. The van der Waals surface area contributed by atoms with Crippen LogP contribution in [0.15, 0.2) is 18.2 Å². The molecule has 0 aliphatic heterocycles. The fraction of sp³-hybridized carbons (Fsp3) is 0.125. The second-order valence-electron chi connectivity index (χ2n) is 2.56. The van der Waals surface area contributed by atoms with E-state index in [0.29, 0.717) is 0 Å². The Hall–Kier alpha value is -1.62. The number of nitrogen functional groups attached to an aromatic ring is 1. The minimum absolute atomic E-state index is 0.0508. The zero-order chi connectivity index (χ0) is 10.0. The van der Waals surface area contributed by atoms with E-state index >= 15 is 0 Å². The van der Waals surface area contributed by atoms with Gasteiger partial charge in [-0.2, -0.15) is 0 Å². The molecule has 5 N–H and O–H groups in total. The van der Waals surface area contributed by atoms with E-state index in [2.05, 4.69) is 0 Å². The molecule has 1 aromatic rings. The van der Waals surface area contributed by atoms with Gasteiger partial charge in [-0.3, -0.25) is 4.79 Å². The highest BCUT2D eigenvalue weighted by molar-refractivity contribution is 5.77. The molecular formula is C8H9FN2O2. The summed E-state index contributed by atoms with van der Waals surface area (Å²) in [5.41, 5.74) is 10.5. The smallest absolute Gasteiger partial charge is 0.325 e. The SMILES string of the molecule is Nc1cccc(F)c1C(N)C(=O)O. The molecule has 5 heteroatoms. The third-order valence-electron chi connectivity index (χ3n) is 1.66. The summed E-state index contributed by atoms with van der Waals surface area (Å²) < 4.78 is 13.0. The highest BCUT2D eigenvalue weighted by Gasteiger charge is 2.20. The summed E-state index contributed by atoms with van der Waals surface area (Å²) in [4.78, 5) is 10.5. The Kier molecular flexibility index (Phi) is 2.48. The van der Waals surface area contributed by atoms with Gasteiger partial charge in [0.05, 0.1) is 0 Å². The number of hydrogen-bond acceptors (Lipinski definition) is 3. The lowest BCUT2D eigenvalue weighted by molar-refractivity contribution is -0.138. The quantitative estimate of drug-likeness (QED) is 0.583. The van der Waals surface area contributed by atoms with E-state index in [0.717, 1.165) is 6.07 Å². The maximum atomic E-state index is 13.0. The van der Waals surface area contributed by atoms with Gasteiger partial charge in [0.2, 0.25) is 0 Å². The lowest BCUT2D eigenvalue weighted by atomic mass is 10.1. The van der Waals surface area contributed by atoms with Gasteiger partial charge in [-0.05, 0) is 12.1 Å². The molecule has 4 nitrogen and oxygen atoms in total. The molecule has 0 fully saturated rings. The Morgan fingerprint density at radius 1 is 1.54 bits per heavy atom. The summed E-state index contributed by atoms with van der Waals surface area (Å²) in [5.74, 6) is -2.01. The van der Waals surface area contributed by atoms with E-state index in [1.807, 2.05) is 0 Å². The maximum absolute atomic E-state index is 13.0. The molecule has 1 atom stereocenters. The molecule has 0 aliphatic carbocycles. The summed E-state index contributed by atoms with van der Waals surface area (Å²) in [5, 5.41) is 8.54. The molecule has 0 spiro atoms. The zero-order valence-corrected chi connectivity index (χ0v) is 6.70. The predicted octanol–water partition coefficient (Wildman–Crippen LogP) is 0.492. The fourth-order valence-corrected chi connectivity index (χ4v) is 1.01. The van der Waals surface area contributed by atoms with Crippen molar-refractivity contribution in [2.45, 2.75) is 6.04 Å². The van der Waals surface area contributed by atoms with Crippen molar-refractivity contribution < 1.29 is 14.3 Å². The molecule has 13 heavy (non-hydrogen) atoms. The number of halogens is 1. The van der Waals surface area contributed by atoms with E-state index < -0.39 is 17.8 Å². The van der Waals surface area contributed by atoms with Crippen LogP contribution in [-0.4, -0.2) is 11.1 Å². The van der Waals surface area contributed by atoms with E-state index in [-0.39, 0.29) is 11.3 Å². The summed E-state index contributed by atoms with van der Waals surface area (Å²) in [6.07, 6.45) is 0. The monoisotopic (exact) mass is 184 g/mol. The van der Waals surface area contributed by atoms with Gasteiger partial charge in [0.25, 0.3) is 0 Å². The first-order valence-corrected chi connectivity index (χ1v) is 3.56. The number of benzene rings is 1. The molecule has 0 bridgehead atoms. The van der Waals surface area contributed by atoms with Gasteiger partial charge >= 0.3 is 5.97 Å². The van der Waals surface area contributed by atoms with Crippen LogP contribution in [0.5, 0.6) is 0 Å². The average molecular weight is 184 g/mol. The molecule has 0 aliphatic rings. The fourth-order valence-electron chi connectivity index (χ4n) is 1.01. The largest absolute Gasteiger partial charge is 0.480 e. The Bertz CT molecular complexity index is 321. The van der Waals surface area contributed by atoms with Gasteiger partial charge in [-0.25, -0.2) is 4.39 Å². The molecule has 0 aromatic heterocycles. The van der Waals surface area contributed by atoms with Crippen molar-refractivity contribution in [3.63, 3.8) is 0 Å². The van der Waals surface area contributed by atoms with Crippen molar-refractivity contribution in [3.05, 3.63) is 29.6 Å². The van der Waals surface area contributed by atoms with Crippen LogP contribution in [-0.2, 0) is 4.79 Å². The molecule has 0 saturated carbocycles. The number of aliphatic carboxylic acids is 1. The number of nitrogens with two attached hydrogens (primary N) is 2. The van der Waals surface area contributed by atoms with Crippen LogP contribution in [0.1, 0.15) is 11.6 Å². The van der Waals surface area contributed by atoms with E-state index in [1.54, 1.807) is 0 Å². The molecule has 0 heterocycles. The van der Waals surface area contributed by atoms with Crippen LogP contribution >= 0.6 is 0 Å². The molecule has 0 amide bonds. The molecule has 0 saturated heterocycles. The average Bonchev–Trinajstić information content (AvgIpc) is 2.03. The Morgan fingerprint density at radius 2 is 2.15 bits per heavy atom. The number of carboxylic acid groups (broad SMARTS) is 1. The van der Waals surface area contributed by atoms with Gasteiger partial charge < -0.3 is 16.6 Å². The van der Waals surface area contributed by atoms with Crippen molar-refractivity contribution in [2.24, 2.45) is 5.73 Å². The Labute approximate surface area is 74.0 Å². The van der Waals surface area contributed by atoms with Crippen LogP contribution in [0.4, 0.5) is 10.1 Å². The maximum Gasteiger partial charge on any atom is 0.325 e. The lowest BCUT2D eigenvalue weighted by Crippen LogP contribution is -2.23. The van der Waals surface area contributed by atoms with Gasteiger partial charge in [0, 0.05) is 11.3 Å². The summed E-state index contributed by atoms with van der Waals surface area (Å²) in [7, 11) is 0. The van der Waals surface area contributed by atoms with Gasteiger partial charge in [0.1, 0.15) is 11.9 Å². The highest BCUT2D eigenvalue weighted by Crippen LogP contribution is 2.21. The molecule has 0 radical (unpaired) electrons. The minimum Gasteiger partial charge on any atom is -0.480 e. The van der Waals surface area contributed by atoms with E-state index in [1.165, 1.54) is 12.1 Å². The van der Waals surface area contributed by atoms with E-state index in [4.69, 9.17) is 16.6 Å². The number of rotatable bonds is 2. The topological polar surface area (TPSA) is 89.3 Å². The molecule has 1 rings (SSSR count). The second-order valence-corrected chi connectivity index (χ2v) is 2.56. The lowest BCUT2D eigenvalue weighted by Gasteiger charge is -2.10. The Balaban J connectivity index is 3.20. The van der Waals surface area contributed by atoms with Crippen molar-refractivity contribution in [1.29, 1.82) is 0 Å². The third-order valence-corrected chi connectivity index (χ3v) is 1.66. The Morgan fingerprint density at radius 3 is 2.62 bits per heavy atom. The standard InChI is InChI=1S/C8H9FN2O2/c9-4-2-1-3-5(10)6(4)7(11)8(12)13/h1-3,7H,10-11H2,(H,12,13). The van der Waals surface area contributed by atoms with Crippen molar-refractivity contribution in [3.8, 4) is 0 Å². The molecule has 70 valence electrons. The number of hydrogen-bond donors (Lipinski definition) is 3. The van der Waals surface area contributed by atoms with Gasteiger partial charge in [-0.1, -0.05) is 6.07 Å². The minimum atomic E-state index is -1.42. The van der Waals surface area contributed by atoms with Crippen LogP contribution in [0.2, 0.25) is 0 Å².